The summed E-state index contributed by atoms with van der Waals surface area (Å²) < 4.78 is 4.98. The lowest BCUT2D eigenvalue weighted by molar-refractivity contribution is 0.300. The number of rotatable bonds is 4. The summed E-state index contributed by atoms with van der Waals surface area (Å²) in [6.45, 7) is 1.97. The van der Waals surface area contributed by atoms with Crippen molar-refractivity contribution in [1.82, 2.24) is 0 Å². The van der Waals surface area contributed by atoms with Crippen LogP contribution in [0, 0.1) is 0 Å². The van der Waals surface area contributed by atoms with Gasteiger partial charge >= 0.3 is 0 Å². The number of aliphatic hydroxyl groups excluding tert-OH is 1. The third-order valence-electron chi connectivity index (χ3n) is 1.63. The van der Waals surface area contributed by atoms with E-state index in [0.717, 1.165) is 6.26 Å². The summed E-state index contributed by atoms with van der Waals surface area (Å²) in [5, 5.41) is 17.8. The van der Waals surface area contributed by atoms with Crippen molar-refractivity contribution in [2.24, 2.45) is 0 Å². The molecule has 14 heavy (non-hydrogen) atoms. The average Bonchev–Trinajstić information content (AvgIpc) is 2.19. The number of hydrogen-bond acceptors (Lipinski definition) is 5. The molecule has 1 heterocycles. The van der Waals surface area contributed by atoms with E-state index in [1.54, 1.807) is 0 Å². The Labute approximate surface area is 85.6 Å². The third kappa shape index (κ3) is 3.08. The molecule has 78 valence electrons. The maximum absolute atomic E-state index is 11.0. The van der Waals surface area contributed by atoms with E-state index >= 15 is 0 Å². The van der Waals surface area contributed by atoms with Gasteiger partial charge in [0.2, 0.25) is 5.43 Å². The fourth-order valence-electron chi connectivity index (χ4n) is 0.797. The van der Waals surface area contributed by atoms with Crippen LogP contribution in [0.3, 0.4) is 0 Å². The standard InChI is InChI=1S/C9H12O4S/c1-6(3-10)14-5-7-2-8(11)9(12)4-13-7/h2,4,6,10,12H,3,5H2,1H3. The molecule has 0 saturated carbocycles. The van der Waals surface area contributed by atoms with Crippen molar-refractivity contribution in [2.75, 3.05) is 6.61 Å². The molecule has 0 aliphatic heterocycles. The maximum atomic E-state index is 11.0. The smallest absolute Gasteiger partial charge is 0.226 e. The second-order valence-corrected chi connectivity index (χ2v) is 4.33. The molecule has 5 heteroatoms. The highest BCUT2D eigenvalue weighted by molar-refractivity contribution is 7.99. The Bertz CT molecular complexity index is 347. The molecule has 0 spiro atoms. The fraction of sp³-hybridized carbons (Fsp3) is 0.444. The molecule has 0 aromatic carbocycles. The highest BCUT2D eigenvalue weighted by Crippen LogP contribution is 2.16. The summed E-state index contributed by atoms with van der Waals surface area (Å²) in [5.74, 6) is 0.629. The minimum Gasteiger partial charge on any atom is -0.502 e. The van der Waals surface area contributed by atoms with Crippen LogP contribution in [0.15, 0.2) is 21.5 Å². The van der Waals surface area contributed by atoms with Crippen LogP contribution in [0.4, 0.5) is 0 Å². The lowest BCUT2D eigenvalue weighted by Crippen LogP contribution is -2.04. The molecule has 1 rings (SSSR count). The number of aliphatic hydroxyl groups is 1. The Morgan fingerprint density at radius 3 is 2.93 bits per heavy atom. The summed E-state index contributed by atoms with van der Waals surface area (Å²) >= 11 is 1.48. The van der Waals surface area contributed by atoms with Gasteiger partial charge in [0.1, 0.15) is 12.0 Å². The zero-order valence-electron chi connectivity index (χ0n) is 7.77. The van der Waals surface area contributed by atoms with E-state index < -0.39 is 5.43 Å². The van der Waals surface area contributed by atoms with Crippen LogP contribution >= 0.6 is 11.8 Å². The first-order valence-electron chi connectivity index (χ1n) is 4.16. The van der Waals surface area contributed by atoms with Crippen molar-refractivity contribution in [1.29, 1.82) is 0 Å². The molecule has 1 unspecified atom stereocenters. The molecular formula is C9H12O4S. The van der Waals surface area contributed by atoms with Crippen LogP contribution < -0.4 is 5.43 Å². The molecule has 0 amide bonds. The Balaban J connectivity index is 2.60. The van der Waals surface area contributed by atoms with Crippen molar-refractivity contribution >= 4 is 11.8 Å². The van der Waals surface area contributed by atoms with Gasteiger partial charge in [0, 0.05) is 11.3 Å². The van der Waals surface area contributed by atoms with E-state index in [1.807, 2.05) is 6.92 Å². The first kappa shape index (κ1) is 11.1. The predicted molar refractivity (Wildman–Crippen MR) is 54.5 cm³/mol. The van der Waals surface area contributed by atoms with Crippen molar-refractivity contribution < 1.29 is 14.6 Å². The van der Waals surface area contributed by atoms with Gasteiger partial charge in [0.15, 0.2) is 5.75 Å². The quantitative estimate of drug-likeness (QED) is 0.784. The topological polar surface area (TPSA) is 70.7 Å². The van der Waals surface area contributed by atoms with E-state index in [-0.39, 0.29) is 17.6 Å². The molecule has 0 saturated heterocycles. The van der Waals surface area contributed by atoms with Gasteiger partial charge in [-0.1, -0.05) is 6.92 Å². The van der Waals surface area contributed by atoms with Crippen molar-refractivity contribution in [3.8, 4) is 5.75 Å². The van der Waals surface area contributed by atoms with Gasteiger partial charge in [-0.15, -0.1) is 11.8 Å². The Hall–Kier alpha value is -0.940. The molecule has 1 aromatic rings. The molecule has 0 aliphatic rings. The van der Waals surface area contributed by atoms with Gasteiger partial charge in [0.25, 0.3) is 0 Å². The zero-order valence-corrected chi connectivity index (χ0v) is 8.58. The first-order chi connectivity index (χ1) is 6.63. The Morgan fingerprint density at radius 1 is 1.64 bits per heavy atom. The molecule has 4 nitrogen and oxygen atoms in total. The summed E-state index contributed by atoms with van der Waals surface area (Å²) in [6, 6.07) is 1.26. The lowest BCUT2D eigenvalue weighted by atomic mass is 10.4. The minimum absolute atomic E-state index is 0.0903. The first-order valence-corrected chi connectivity index (χ1v) is 5.21. The van der Waals surface area contributed by atoms with Gasteiger partial charge in [-0.3, -0.25) is 4.79 Å². The monoisotopic (exact) mass is 216 g/mol. The van der Waals surface area contributed by atoms with Crippen LogP contribution in [0.1, 0.15) is 12.7 Å². The number of aromatic hydroxyl groups is 1. The van der Waals surface area contributed by atoms with Crippen LogP contribution in [0.2, 0.25) is 0 Å². The van der Waals surface area contributed by atoms with Crippen molar-refractivity contribution in [2.45, 2.75) is 17.9 Å². The number of hydrogen-bond donors (Lipinski definition) is 2. The van der Waals surface area contributed by atoms with E-state index in [2.05, 4.69) is 0 Å². The highest BCUT2D eigenvalue weighted by Gasteiger charge is 2.05. The molecular weight excluding hydrogens is 204 g/mol. The normalized spacial score (nSPS) is 12.7. The zero-order chi connectivity index (χ0) is 10.6. The summed E-state index contributed by atoms with van der Waals surface area (Å²) in [7, 11) is 0. The lowest BCUT2D eigenvalue weighted by Gasteiger charge is -2.05. The summed E-state index contributed by atoms with van der Waals surface area (Å²) in [6.07, 6.45) is 1.03. The Morgan fingerprint density at radius 2 is 2.36 bits per heavy atom. The van der Waals surface area contributed by atoms with E-state index in [1.165, 1.54) is 17.8 Å². The van der Waals surface area contributed by atoms with Crippen LogP contribution in [-0.2, 0) is 5.75 Å². The predicted octanol–water partition coefficient (Wildman–Crippen LogP) is 0.959. The molecule has 1 atom stereocenters. The molecule has 0 bridgehead atoms. The molecule has 0 aliphatic carbocycles. The van der Waals surface area contributed by atoms with E-state index in [9.17, 15) is 4.79 Å². The van der Waals surface area contributed by atoms with Crippen LogP contribution in [0.25, 0.3) is 0 Å². The summed E-state index contributed by atoms with van der Waals surface area (Å²) in [4.78, 5) is 11.0. The van der Waals surface area contributed by atoms with Gasteiger partial charge in [-0.05, 0) is 0 Å². The van der Waals surface area contributed by atoms with Crippen LogP contribution in [-0.4, -0.2) is 22.1 Å². The highest BCUT2D eigenvalue weighted by atomic mass is 32.2. The Kier molecular flexibility index (Phi) is 4.03. The molecule has 0 radical (unpaired) electrons. The van der Waals surface area contributed by atoms with Gasteiger partial charge in [-0.2, -0.15) is 0 Å². The van der Waals surface area contributed by atoms with Crippen LogP contribution in [0.5, 0.6) is 5.75 Å². The van der Waals surface area contributed by atoms with Gasteiger partial charge in [-0.25, -0.2) is 0 Å². The number of thioether (sulfide) groups is 1. The van der Waals surface area contributed by atoms with Crippen molar-refractivity contribution in [3.63, 3.8) is 0 Å². The van der Waals surface area contributed by atoms with Gasteiger partial charge < -0.3 is 14.6 Å². The third-order valence-corrected chi connectivity index (χ3v) is 2.80. The van der Waals surface area contributed by atoms with E-state index in [4.69, 9.17) is 14.6 Å². The maximum Gasteiger partial charge on any atom is 0.226 e. The molecule has 2 N–H and O–H groups in total. The molecule has 1 aromatic heterocycles. The van der Waals surface area contributed by atoms with E-state index in [0.29, 0.717) is 11.5 Å². The minimum atomic E-state index is -0.441. The second-order valence-electron chi connectivity index (χ2n) is 2.90. The fourth-order valence-corrected chi connectivity index (χ4v) is 1.50. The average molecular weight is 216 g/mol. The molecule has 0 fully saturated rings. The van der Waals surface area contributed by atoms with Gasteiger partial charge in [0.05, 0.1) is 12.4 Å². The largest absolute Gasteiger partial charge is 0.502 e. The van der Waals surface area contributed by atoms with Crippen molar-refractivity contribution in [3.05, 3.63) is 28.3 Å². The SMILES string of the molecule is CC(CO)SCc1cc(=O)c(O)co1. The second kappa shape index (κ2) is 5.07. The summed E-state index contributed by atoms with van der Waals surface area (Å²) in [5.41, 5.74) is -0.441.